The van der Waals surface area contributed by atoms with Crippen LogP contribution in [0.15, 0.2) is 12.1 Å². The fourth-order valence-electron chi connectivity index (χ4n) is 2.52. The van der Waals surface area contributed by atoms with Crippen molar-refractivity contribution >= 4 is 40.5 Å². The molecule has 1 atom stereocenters. The Balaban J connectivity index is 1.98. The third-order valence-corrected chi connectivity index (χ3v) is 4.03. The van der Waals surface area contributed by atoms with Crippen molar-refractivity contribution in [2.75, 3.05) is 30.7 Å². The van der Waals surface area contributed by atoms with Crippen molar-refractivity contribution in [3.63, 3.8) is 0 Å². The molecule has 1 aliphatic rings. The van der Waals surface area contributed by atoms with Crippen LogP contribution in [0, 0.1) is 5.92 Å². The number of hydrogen-bond donors (Lipinski definition) is 2. The average Bonchev–Trinajstić information content (AvgIpc) is 2.33. The summed E-state index contributed by atoms with van der Waals surface area (Å²) in [5.74, 6) is 0.535. The molecule has 0 aromatic heterocycles. The van der Waals surface area contributed by atoms with Crippen LogP contribution < -0.4 is 11.1 Å². The molecule has 6 heteroatoms. The van der Waals surface area contributed by atoms with E-state index in [2.05, 4.69) is 17.1 Å². The second-order valence-corrected chi connectivity index (χ2v) is 6.20. The highest BCUT2D eigenvalue weighted by molar-refractivity contribution is 6.40. The monoisotopic (exact) mass is 315 g/mol. The predicted octanol–water partition coefficient (Wildman–Crippen LogP) is 3.25. The number of carbonyl (C=O) groups excluding carboxylic acids is 1. The molecular weight excluding hydrogens is 297 g/mol. The van der Waals surface area contributed by atoms with Gasteiger partial charge in [0.25, 0.3) is 0 Å². The SMILES string of the molecule is CC1CCCN(CC(=O)Nc2c(Cl)cc(N)cc2Cl)C1. The van der Waals surface area contributed by atoms with Crippen LogP contribution in [-0.4, -0.2) is 30.4 Å². The molecule has 110 valence electrons. The number of piperidine rings is 1. The normalized spacial score (nSPS) is 19.9. The molecule has 1 amide bonds. The van der Waals surface area contributed by atoms with Gasteiger partial charge in [-0.25, -0.2) is 0 Å². The number of nitrogens with one attached hydrogen (secondary N) is 1. The van der Waals surface area contributed by atoms with Crippen LogP contribution in [0.4, 0.5) is 11.4 Å². The van der Waals surface area contributed by atoms with Crippen molar-refractivity contribution in [2.24, 2.45) is 5.92 Å². The molecule has 0 spiro atoms. The number of nitrogens with two attached hydrogens (primary N) is 1. The summed E-state index contributed by atoms with van der Waals surface area (Å²) in [6, 6.07) is 3.15. The number of nitrogens with zero attached hydrogens (tertiary/aromatic N) is 1. The summed E-state index contributed by atoms with van der Waals surface area (Å²) in [5, 5.41) is 3.48. The summed E-state index contributed by atoms with van der Waals surface area (Å²) in [7, 11) is 0. The highest BCUT2D eigenvalue weighted by Crippen LogP contribution is 2.32. The Morgan fingerprint density at radius 1 is 1.45 bits per heavy atom. The van der Waals surface area contributed by atoms with E-state index in [0.29, 0.717) is 33.9 Å². The van der Waals surface area contributed by atoms with E-state index in [1.807, 2.05) is 0 Å². The van der Waals surface area contributed by atoms with Gasteiger partial charge in [0.15, 0.2) is 0 Å². The Morgan fingerprint density at radius 2 is 2.10 bits per heavy atom. The van der Waals surface area contributed by atoms with E-state index >= 15 is 0 Å². The lowest BCUT2D eigenvalue weighted by atomic mass is 10.0. The highest BCUT2D eigenvalue weighted by atomic mass is 35.5. The molecule has 1 saturated heterocycles. The minimum absolute atomic E-state index is 0.104. The minimum atomic E-state index is -0.104. The predicted molar refractivity (Wildman–Crippen MR) is 84.3 cm³/mol. The molecule has 20 heavy (non-hydrogen) atoms. The molecule has 0 aliphatic carbocycles. The number of carbonyl (C=O) groups is 1. The summed E-state index contributed by atoms with van der Waals surface area (Å²) in [5.41, 5.74) is 6.54. The van der Waals surface area contributed by atoms with Gasteiger partial charge in [-0.2, -0.15) is 0 Å². The molecule has 4 nitrogen and oxygen atoms in total. The maximum absolute atomic E-state index is 12.1. The average molecular weight is 316 g/mol. The van der Waals surface area contributed by atoms with E-state index in [1.165, 1.54) is 6.42 Å². The first-order chi connectivity index (χ1) is 9.45. The molecule has 1 aromatic rings. The van der Waals surface area contributed by atoms with Crippen molar-refractivity contribution in [3.05, 3.63) is 22.2 Å². The van der Waals surface area contributed by atoms with Gasteiger partial charge in [-0.05, 0) is 37.4 Å². The molecule has 0 saturated carbocycles. The van der Waals surface area contributed by atoms with Crippen molar-refractivity contribution in [1.29, 1.82) is 0 Å². The van der Waals surface area contributed by atoms with Crippen LogP contribution in [-0.2, 0) is 4.79 Å². The van der Waals surface area contributed by atoms with Gasteiger partial charge in [0.1, 0.15) is 0 Å². The summed E-state index contributed by atoms with van der Waals surface area (Å²) >= 11 is 12.1. The number of rotatable bonds is 3. The zero-order valence-corrected chi connectivity index (χ0v) is 13.0. The molecule has 1 aliphatic heterocycles. The second-order valence-electron chi connectivity index (χ2n) is 5.39. The maximum atomic E-state index is 12.1. The van der Waals surface area contributed by atoms with E-state index in [1.54, 1.807) is 12.1 Å². The van der Waals surface area contributed by atoms with Crippen molar-refractivity contribution in [1.82, 2.24) is 4.90 Å². The lowest BCUT2D eigenvalue weighted by molar-refractivity contribution is -0.117. The topological polar surface area (TPSA) is 58.4 Å². The van der Waals surface area contributed by atoms with Crippen molar-refractivity contribution in [3.8, 4) is 0 Å². The quantitative estimate of drug-likeness (QED) is 0.842. The number of anilines is 2. The molecule has 1 fully saturated rings. The fraction of sp³-hybridized carbons (Fsp3) is 0.500. The van der Waals surface area contributed by atoms with E-state index in [9.17, 15) is 4.79 Å². The van der Waals surface area contributed by atoms with E-state index in [0.717, 1.165) is 19.5 Å². The molecule has 0 radical (unpaired) electrons. The number of benzene rings is 1. The Bertz CT molecular complexity index is 484. The van der Waals surface area contributed by atoms with Gasteiger partial charge in [0.05, 0.1) is 22.3 Å². The molecular formula is C14H19Cl2N3O. The van der Waals surface area contributed by atoms with Gasteiger partial charge >= 0.3 is 0 Å². The van der Waals surface area contributed by atoms with Crippen LogP contribution in [0.1, 0.15) is 19.8 Å². The number of hydrogen-bond acceptors (Lipinski definition) is 3. The highest BCUT2D eigenvalue weighted by Gasteiger charge is 2.19. The molecule has 2 rings (SSSR count). The largest absolute Gasteiger partial charge is 0.399 e. The van der Waals surface area contributed by atoms with E-state index in [4.69, 9.17) is 28.9 Å². The van der Waals surface area contributed by atoms with Gasteiger partial charge in [0.2, 0.25) is 5.91 Å². The van der Waals surface area contributed by atoms with Crippen LogP contribution >= 0.6 is 23.2 Å². The minimum Gasteiger partial charge on any atom is -0.399 e. The molecule has 3 N–H and O–H groups in total. The van der Waals surface area contributed by atoms with Crippen LogP contribution in [0.3, 0.4) is 0 Å². The summed E-state index contributed by atoms with van der Waals surface area (Å²) in [6.07, 6.45) is 2.37. The van der Waals surface area contributed by atoms with Gasteiger partial charge < -0.3 is 11.1 Å². The maximum Gasteiger partial charge on any atom is 0.238 e. The first kappa shape index (κ1) is 15.4. The second kappa shape index (κ2) is 6.66. The first-order valence-corrected chi connectivity index (χ1v) is 7.48. The number of likely N-dealkylation sites (tertiary alicyclic amines) is 1. The fourth-order valence-corrected chi connectivity index (χ4v) is 3.12. The number of nitrogen functional groups attached to an aromatic ring is 1. The van der Waals surface area contributed by atoms with Gasteiger partial charge in [-0.1, -0.05) is 30.1 Å². The van der Waals surface area contributed by atoms with E-state index < -0.39 is 0 Å². The Kier molecular flexibility index (Phi) is 5.13. The first-order valence-electron chi connectivity index (χ1n) is 6.72. The van der Waals surface area contributed by atoms with Gasteiger partial charge in [-0.3, -0.25) is 9.69 Å². The standard InChI is InChI=1S/C14H19Cl2N3O/c1-9-3-2-4-19(7-9)8-13(20)18-14-11(15)5-10(17)6-12(14)16/h5-6,9H,2-4,7-8,17H2,1H3,(H,18,20). The van der Waals surface area contributed by atoms with Crippen molar-refractivity contribution < 1.29 is 4.79 Å². The Labute approximate surface area is 129 Å². The Morgan fingerprint density at radius 3 is 2.70 bits per heavy atom. The smallest absolute Gasteiger partial charge is 0.238 e. The third kappa shape index (κ3) is 4.01. The lowest BCUT2D eigenvalue weighted by Crippen LogP contribution is -2.39. The molecule has 1 heterocycles. The van der Waals surface area contributed by atoms with Crippen LogP contribution in [0.5, 0.6) is 0 Å². The zero-order valence-electron chi connectivity index (χ0n) is 11.5. The Hall–Kier alpha value is -0.970. The van der Waals surface area contributed by atoms with Crippen molar-refractivity contribution in [2.45, 2.75) is 19.8 Å². The number of halogens is 2. The van der Waals surface area contributed by atoms with Gasteiger partial charge in [-0.15, -0.1) is 0 Å². The summed E-state index contributed by atoms with van der Waals surface area (Å²) < 4.78 is 0. The molecule has 0 bridgehead atoms. The van der Waals surface area contributed by atoms with E-state index in [-0.39, 0.29) is 5.91 Å². The number of amides is 1. The van der Waals surface area contributed by atoms with Crippen LogP contribution in [0.25, 0.3) is 0 Å². The summed E-state index contributed by atoms with van der Waals surface area (Å²) in [4.78, 5) is 14.2. The molecule has 1 aromatic carbocycles. The third-order valence-electron chi connectivity index (χ3n) is 3.44. The zero-order chi connectivity index (χ0) is 14.7. The van der Waals surface area contributed by atoms with Gasteiger partial charge in [0, 0.05) is 12.2 Å². The summed E-state index contributed by atoms with van der Waals surface area (Å²) in [6.45, 7) is 4.48. The molecule has 1 unspecified atom stereocenters. The lowest BCUT2D eigenvalue weighted by Gasteiger charge is -2.30. The van der Waals surface area contributed by atoms with Crippen LogP contribution in [0.2, 0.25) is 10.0 Å².